The van der Waals surface area contributed by atoms with Crippen LogP contribution in [0.25, 0.3) is 5.65 Å². The van der Waals surface area contributed by atoms with Gasteiger partial charge in [0.25, 0.3) is 0 Å². The molecule has 0 aromatic carbocycles. The maximum absolute atomic E-state index is 10.9. The number of carbonyl (C=O) groups excluding carboxylic acids is 1. The summed E-state index contributed by atoms with van der Waals surface area (Å²) in [5.74, 6) is -0.00838. The molecular formula is C11H11N5O. The minimum Gasteiger partial charge on any atom is -0.368 e. The summed E-state index contributed by atoms with van der Waals surface area (Å²) in [4.78, 5) is 16.7. The van der Waals surface area contributed by atoms with Crippen LogP contribution in [-0.2, 0) is 4.79 Å². The fourth-order valence-electron chi connectivity index (χ4n) is 1.66. The molecule has 0 unspecified atom stereocenters. The Labute approximate surface area is 97.9 Å². The summed E-state index contributed by atoms with van der Waals surface area (Å²) in [6.45, 7) is 0.0264. The molecule has 0 aliphatic rings. The largest absolute Gasteiger partial charge is 0.368 e. The Balaban J connectivity index is 2.54. The van der Waals surface area contributed by atoms with Crippen molar-refractivity contribution in [3.8, 4) is 6.07 Å². The highest BCUT2D eigenvalue weighted by atomic mass is 16.1. The van der Waals surface area contributed by atoms with Gasteiger partial charge in [0.15, 0.2) is 11.5 Å². The quantitative estimate of drug-likeness (QED) is 0.810. The van der Waals surface area contributed by atoms with Gasteiger partial charge in [-0.1, -0.05) is 6.07 Å². The van der Waals surface area contributed by atoms with E-state index in [1.54, 1.807) is 28.6 Å². The maximum atomic E-state index is 10.9. The van der Waals surface area contributed by atoms with E-state index in [4.69, 9.17) is 11.0 Å². The number of nitriles is 1. The second kappa shape index (κ2) is 4.14. The molecule has 0 radical (unpaired) electrons. The molecule has 0 atom stereocenters. The molecule has 2 aromatic rings. The number of hydrogen-bond acceptors (Lipinski definition) is 4. The minimum atomic E-state index is -0.464. The van der Waals surface area contributed by atoms with E-state index < -0.39 is 5.91 Å². The van der Waals surface area contributed by atoms with Crippen LogP contribution < -0.4 is 10.6 Å². The molecule has 6 nitrogen and oxygen atoms in total. The average Bonchev–Trinajstić information content (AvgIpc) is 2.66. The topological polar surface area (TPSA) is 87.4 Å². The van der Waals surface area contributed by atoms with E-state index in [0.717, 1.165) is 0 Å². The van der Waals surface area contributed by atoms with Crippen molar-refractivity contribution < 1.29 is 4.79 Å². The van der Waals surface area contributed by atoms with Gasteiger partial charge in [0.1, 0.15) is 11.7 Å². The molecule has 0 aliphatic heterocycles. The van der Waals surface area contributed by atoms with Crippen molar-refractivity contribution in [2.45, 2.75) is 0 Å². The van der Waals surface area contributed by atoms with Crippen molar-refractivity contribution in [3.05, 3.63) is 30.1 Å². The predicted molar refractivity (Wildman–Crippen MR) is 62.4 cm³/mol. The van der Waals surface area contributed by atoms with Gasteiger partial charge in [-0.2, -0.15) is 5.26 Å². The van der Waals surface area contributed by atoms with E-state index in [1.807, 2.05) is 12.1 Å². The molecule has 0 aliphatic carbocycles. The average molecular weight is 229 g/mol. The fraction of sp³-hybridized carbons (Fsp3) is 0.182. The van der Waals surface area contributed by atoms with Crippen molar-refractivity contribution in [3.63, 3.8) is 0 Å². The molecule has 86 valence electrons. The number of hydrogen-bond donors (Lipinski definition) is 1. The van der Waals surface area contributed by atoms with Crippen molar-refractivity contribution in [1.29, 1.82) is 5.26 Å². The number of amides is 1. The third kappa shape index (κ3) is 1.90. The first-order chi connectivity index (χ1) is 8.13. The number of imidazole rings is 1. The van der Waals surface area contributed by atoms with Gasteiger partial charge in [-0.05, 0) is 12.1 Å². The summed E-state index contributed by atoms with van der Waals surface area (Å²) in [7, 11) is 1.67. The van der Waals surface area contributed by atoms with E-state index >= 15 is 0 Å². The van der Waals surface area contributed by atoms with E-state index in [9.17, 15) is 4.79 Å². The van der Waals surface area contributed by atoms with Gasteiger partial charge in [-0.3, -0.25) is 9.20 Å². The van der Waals surface area contributed by atoms with Gasteiger partial charge < -0.3 is 10.6 Å². The van der Waals surface area contributed by atoms with Crippen LogP contribution in [0.1, 0.15) is 5.69 Å². The summed E-state index contributed by atoms with van der Waals surface area (Å²) in [6.07, 6.45) is 1.75. The Morgan fingerprint density at radius 1 is 1.65 bits per heavy atom. The van der Waals surface area contributed by atoms with Gasteiger partial charge in [-0.25, -0.2) is 4.98 Å². The number of primary amides is 1. The third-order valence-corrected chi connectivity index (χ3v) is 2.37. The van der Waals surface area contributed by atoms with Crippen LogP contribution in [0.4, 0.5) is 5.82 Å². The van der Waals surface area contributed by atoms with Crippen LogP contribution in [0.3, 0.4) is 0 Å². The number of fused-ring (bicyclic) bond motifs is 1. The van der Waals surface area contributed by atoms with Gasteiger partial charge in [0.05, 0.1) is 6.54 Å². The van der Waals surface area contributed by atoms with E-state index in [0.29, 0.717) is 17.2 Å². The van der Waals surface area contributed by atoms with Crippen LogP contribution in [0.2, 0.25) is 0 Å². The zero-order valence-electron chi connectivity index (χ0n) is 9.29. The molecule has 0 fully saturated rings. The monoisotopic (exact) mass is 229 g/mol. The zero-order chi connectivity index (χ0) is 12.4. The van der Waals surface area contributed by atoms with Crippen molar-refractivity contribution >= 4 is 17.4 Å². The standard InChI is InChI=1S/C11H11N5O/c1-15(7-9(13)17)11-8(6-12)16-5-3-2-4-10(16)14-11/h2-5H,7H2,1H3,(H2,13,17). The van der Waals surface area contributed by atoms with Gasteiger partial charge >= 0.3 is 0 Å². The number of nitrogens with zero attached hydrogens (tertiary/aromatic N) is 4. The maximum Gasteiger partial charge on any atom is 0.236 e. The number of likely N-dealkylation sites (N-methyl/N-ethyl adjacent to an activating group) is 1. The van der Waals surface area contributed by atoms with E-state index in [1.165, 1.54) is 0 Å². The first kappa shape index (κ1) is 11.0. The van der Waals surface area contributed by atoms with Crippen LogP contribution in [-0.4, -0.2) is 28.9 Å². The van der Waals surface area contributed by atoms with Crippen LogP contribution in [0.15, 0.2) is 24.4 Å². The lowest BCUT2D eigenvalue weighted by molar-refractivity contribution is -0.116. The van der Waals surface area contributed by atoms with Gasteiger partial charge in [-0.15, -0.1) is 0 Å². The first-order valence-corrected chi connectivity index (χ1v) is 5.00. The van der Waals surface area contributed by atoms with Crippen LogP contribution >= 0.6 is 0 Å². The molecule has 1 amide bonds. The molecule has 0 saturated carbocycles. The van der Waals surface area contributed by atoms with Gasteiger partial charge in [0.2, 0.25) is 5.91 Å². The molecule has 0 saturated heterocycles. The minimum absolute atomic E-state index is 0.0264. The summed E-state index contributed by atoms with van der Waals surface area (Å²) in [6, 6.07) is 7.52. The molecule has 2 rings (SSSR count). The first-order valence-electron chi connectivity index (χ1n) is 5.00. The van der Waals surface area contributed by atoms with Crippen molar-refractivity contribution in [2.75, 3.05) is 18.5 Å². The Kier molecular flexibility index (Phi) is 2.66. The Morgan fingerprint density at radius 2 is 2.41 bits per heavy atom. The SMILES string of the molecule is CN(CC(N)=O)c1nc2ccccn2c1C#N. The van der Waals surface area contributed by atoms with Crippen molar-refractivity contribution in [2.24, 2.45) is 5.73 Å². The number of pyridine rings is 1. The third-order valence-electron chi connectivity index (χ3n) is 2.37. The molecule has 2 N–H and O–H groups in total. The molecular weight excluding hydrogens is 218 g/mol. The smallest absolute Gasteiger partial charge is 0.236 e. The van der Waals surface area contributed by atoms with Crippen LogP contribution in [0, 0.1) is 11.3 Å². The summed E-state index contributed by atoms with van der Waals surface area (Å²) in [5.41, 5.74) is 6.17. The highest BCUT2D eigenvalue weighted by molar-refractivity contribution is 5.79. The molecule has 2 heterocycles. The predicted octanol–water partition coefficient (Wildman–Crippen LogP) is 0.127. The van der Waals surface area contributed by atoms with E-state index in [-0.39, 0.29) is 6.54 Å². The molecule has 0 spiro atoms. The van der Waals surface area contributed by atoms with Gasteiger partial charge in [0, 0.05) is 13.2 Å². The Morgan fingerprint density at radius 3 is 3.06 bits per heavy atom. The number of aromatic nitrogens is 2. The number of nitrogens with two attached hydrogens (primary N) is 1. The van der Waals surface area contributed by atoms with Crippen molar-refractivity contribution in [1.82, 2.24) is 9.38 Å². The normalized spacial score (nSPS) is 10.1. The highest BCUT2D eigenvalue weighted by Crippen LogP contribution is 2.19. The second-order valence-corrected chi connectivity index (χ2v) is 3.65. The lowest BCUT2D eigenvalue weighted by Gasteiger charge is -2.13. The van der Waals surface area contributed by atoms with E-state index in [2.05, 4.69) is 11.1 Å². The number of rotatable bonds is 3. The fourth-order valence-corrected chi connectivity index (χ4v) is 1.66. The lowest BCUT2D eigenvalue weighted by atomic mass is 10.4. The summed E-state index contributed by atoms with van der Waals surface area (Å²) in [5, 5.41) is 9.13. The molecule has 0 bridgehead atoms. The number of anilines is 1. The zero-order valence-corrected chi connectivity index (χ0v) is 9.29. The molecule has 17 heavy (non-hydrogen) atoms. The lowest BCUT2D eigenvalue weighted by Crippen LogP contribution is -2.31. The summed E-state index contributed by atoms with van der Waals surface area (Å²) >= 11 is 0. The summed E-state index contributed by atoms with van der Waals surface area (Å²) < 4.78 is 1.67. The second-order valence-electron chi connectivity index (χ2n) is 3.65. The molecule has 2 aromatic heterocycles. The van der Waals surface area contributed by atoms with Crippen LogP contribution in [0.5, 0.6) is 0 Å². The Hall–Kier alpha value is -2.55. The highest BCUT2D eigenvalue weighted by Gasteiger charge is 2.16. The molecule has 6 heteroatoms. The number of carbonyl (C=O) groups is 1. The Bertz CT molecular complexity index is 610.